The number of likely N-dealkylation sites (tertiary alicyclic amines) is 1. The molecule has 0 spiro atoms. The summed E-state index contributed by atoms with van der Waals surface area (Å²) in [7, 11) is 0. The molecule has 2 rings (SSSR count). The Bertz CT molecular complexity index is 513. The van der Waals surface area contributed by atoms with Crippen LogP contribution in [0.15, 0.2) is 29.4 Å². The Kier molecular flexibility index (Phi) is 5.16. The highest BCUT2D eigenvalue weighted by atomic mass is 16.4. The molecule has 114 valence electrons. The van der Waals surface area contributed by atoms with E-state index in [1.807, 2.05) is 17.0 Å². The molecule has 1 saturated heterocycles. The van der Waals surface area contributed by atoms with Crippen LogP contribution < -0.4 is 5.73 Å². The lowest BCUT2D eigenvalue weighted by atomic mass is 10.1. The number of rotatable bonds is 5. The van der Waals surface area contributed by atoms with Crippen molar-refractivity contribution in [2.24, 2.45) is 16.8 Å². The standard InChI is InChI=1S/C15H21N3O3/c16-15(17-21)13-3-1-11(2-4-13)9-14(20)18-7-5-12(10-18)6-8-19/h1-4,12,19,21H,5-10H2,(H2,16,17). The fraction of sp³-hybridized carbons (Fsp3) is 0.467. The van der Waals surface area contributed by atoms with Crippen LogP contribution in [0.2, 0.25) is 0 Å². The number of aliphatic hydroxyl groups excluding tert-OH is 1. The highest BCUT2D eigenvalue weighted by molar-refractivity contribution is 5.97. The first-order valence-corrected chi connectivity index (χ1v) is 7.09. The minimum atomic E-state index is 0.0549. The maximum absolute atomic E-state index is 12.2. The van der Waals surface area contributed by atoms with Crippen LogP contribution in [0.5, 0.6) is 0 Å². The molecule has 1 aromatic carbocycles. The van der Waals surface area contributed by atoms with Gasteiger partial charge in [-0.25, -0.2) is 0 Å². The molecule has 0 aromatic heterocycles. The van der Waals surface area contributed by atoms with Crippen LogP contribution in [0.4, 0.5) is 0 Å². The van der Waals surface area contributed by atoms with E-state index in [2.05, 4.69) is 5.16 Å². The summed E-state index contributed by atoms with van der Waals surface area (Å²) in [4.78, 5) is 14.1. The van der Waals surface area contributed by atoms with E-state index in [-0.39, 0.29) is 18.3 Å². The smallest absolute Gasteiger partial charge is 0.226 e. The van der Waals surface area contributed by atoms with Crippen molar-refractivity contribution < 1.29 is 15.1 Å². The summed E-state index contributed by atoms with van der Waals surface area (Å²) in [6.07, 6.45) is 2.08. The lowest BCUT2D eigenvalue weighted by Crippen LogP contribution is -2.30. The molecule has 0 radical (unpaired) electrons. The first-order chi connectivity index (χ1) is 10.1. The summed E-state index contributed by atoms with van der Waals surface area (Å²) in [6.45, 7) is 1.69. The molecule has 1 amide bonds. The lowest BCUT2D eigenvalue weighted by Gasteiger charge is -2.16. The second-order valence-corrected chi connectivity index (χ2v) is 5.37. The fourth-order valence-electron chi connectivity index (χ4n) is 2.61. The molecule has 1 aliphatic heterocycles. The van der Waals surface area contributed by atoms with Crippen molar-refractivity contribution in [1.82, 2.24) is 4.90 Å². The van der Waals surface area contributed by atoms with Gasteiger partial charge in [0.15, 0.2) is 5.84 Å². The normalized spacial score (nSPS) is 19.0. The number of nitrogens with zero attached hydrogens (tertiary/aromatic N) is 2. The molecule has 6 nitrogen and oxygen atoms in total. The topological polar surface area (TPSA) is 99.2 Å². The summed E-state index contributed by atoms with van der Waals surface area (Å²) >= 11 is 0. The Balaban J connectivity index is 1.91. The SMILES string of the molecule is N/C(=N/O)c1ccc(CC(=O)N2CCC(CCO)C2)cc1. The van der Waals surface area contributed by atoms with Crippen LogP contribution in [0, 0.1) is 5.92 Å². The van der Waals surface area contributed by atoms with Crippen molar-refractivity contribution in [2.75, 3.05) is 19.7 Å². The molecule has 1 unspecified atom stereocenters. The van der Waals surface area contributed by atoms with Gasteiger partial charge in [-0.1, -0.05) is 29.4 Å². The maximum atomic E-state index is 12.2. The number of benzene rings is 1. The van der Waals surface area contributed by atoms with Gasteiger partial charge in [0.05, 0.1) is 6.42 Å². The van der Waals surface area contributed by atoms with E-state index < -0.39 is 0 Å². The highest BCUT2D eigenvalue weighted by Crippen LogP contribution is 2.20. The number of amides is 1. The number of carbonyl (C=O) groups is 1. The first kappa shape index (κ1) is 15.3. The third-order valence-electron chi connectivity index (χ3n) is 3.89. The van der Waals surface area contributed by atoms with Gasteiger partial charge in [-0.05, 0) is 24.3 Å². The number of carbonyl (C=O) groups excluding carboxylic acids is 1. The Morgan fingerprint density at radius 3 is 2.71 bits per heavy atom. The Morgan fingerprint density at radius 2 is 2.10 bits per heavy atom. The quantitative estimate of drug-likeness (QED) is 0.319. The first-order valence-electron chi connectivity index (χ1n) is 7.09. The average Bonchev–Trinajstić information content (AvgIpc) is 2.96. The zero-order chi connectivity index (χ0) is 15.2. The molecule has 0 bridgehead atoms. The molecule has 0 aliphatic carbocycles. The molecular formula is C15H21N3O3. The fourth-order valence-corrected chi connectivity index (χ4v) is 2.61. The van der Waals surface area contributed by atoms with Gasteiger partial charge in [0.1, 0.15) is 0 Å². The lowest BCUT2D eigenvalue weighted by molar-refractivity contribution is -0.129. The van der Waals surface area contributed by atoms with E-state index in [0.717, 1.165) is 31.5 Å². The molecular weight excluding hydrogens is 270 g/mol. The van der Waals surface area contributed by atoms with E-state index in [4.69, 9.17) is 16.0 Å². The number of nitrogens with two attached hydrogens (primary N) is 1. The second-order valence-electron chi connectivity index (χ2n) is 5.37. The van der Waals surface area contributed by atoms with Crippen molar-refractivity contribution in [3.8, 4) is 0 Å². The molecule has 1 atom stereocenters. The van der Waals surface area contributed by atoms with Crippen molar-refractivity contribution >= 4 is 11.7 Å². The second kappa shape index (κ2) is 7.08. The van der Waals surface area contributed by atoms with Crippen molar-refractivity contribution in [3.05, 3.63) is 35.4 Å². The number of hydrogen-bond acceptors (Lipinski definition) is 4. The summed E-state index contributed by atoms with van der Waals surface area (Å²) in [5.41, 5.74) is 7.02. The minimum absolute atomic E-state index is 0.0549. The van der Waals surface area contributed by atoms with Gasteiger partial charge < -0.3 is 20.9 Å². The third kappa shape index (κ3) is 3.95. The molecule has 1 fully saturated rings. The molecule has 0 saturated carbocycles. The van der Waals surface area contributed by atoms with Crippen molar-refractivity contribution in [3.63, 3.8) is 0 Å². The van der Waals surface area contributed by atoms with Gasteiger partial charge in [0, 0.05) is 25.3 Å². The number of oxime groups is 1. The summed E-state index contributed by atoms with van der Waals surface area (Å²) in [6, 6.07) is 7.09. The number of hydrogen-bond donors (Lipinski definition) is 3. The molecule has 4 N–H and O–H groups in total. The van der Waals surface area contributed by atoms with E-state index >= 15 is 0 Å². The Hall–Kier alpha value is -2.08. The van der Waals surface area contributed by atoms with Crippen LogP contribution >= 0.6 is 0 Å². The zero-order valence-corrected chi connectivity index (χ0v) is 11.9. The predicted octanol–water partition coefficient (Wildman–Crippen LogP) is 0.554. The molecule has 1 aromatic rings. The largest absolute Gasteiger partial charge is 0.409 e. The van der Waals surface area contributed by atoms with Gasteiger partial charge in [0.2, 0.25) is 5.91 Å². The zero-order valence-electron chi connectivity index (χ0n) is 11.9. The molecule has 1 heterocycles. The van der Waals surface area contributed by atoms with E-state index in [1.165, 1.54) is 0 Å². The van der Waals surface area contributed by atoms with Crippen LogP contribution in [-0.2, 0) is 11.2 Å². The Labute approximate surface area is 123 Å². The monoisotopic (exact) mass is 291 g/mol. The van der Waals surface area contributed by atoms with Gasteiger partial charge in [-0.2, -0.15) is 0 Å². The summed E-state index contributed by atoms with van der Waals surface area (Å²) in [5.74, 6) is 0.577. The van der Waals surface area contributed by atoms with Crippen LogP contribution in [0.25, 0.3) is 0 Å². The summed E-state index contributed by atoms with van der Waals surface area (Å²) < 4.78 is 0. The van der Waals surface area contributed by atoms with Gasteiger partial charge in [-0.15, -0.1) is 0 Å². The van der Waals surface area contributed by atoms with Crippen molar-refractivity contribution in [2.45, 2.75) is 19.3 Å². The summed E-state index contributed by atoms with van der Waals surface area (Å²) in [5, 5.41) is 20.5. The molecule has 1 aliphatic rings. The van der Waals surface area contributed by atoms with Gasteiger partial charge >= 0.3 is 0 Å². The van der Waals surface area contributed by atoms with Crippen molar-refractivity contribution in [1.29, 1.82) is 0 Å². The van der Waals surface area contributed by atoms with Gasteiger partial charge in [0.25, 0.3) is 0 Å². The van der Waals surface area contributed by atoms with Crippen LogP contribution in [0.1, 0.15) is 24.0 Å². The average molecular weight is 291 g/mol. The third-order valence-corrected chi connectivity index (χ3v) is 3.89. The van der Waals surface area contributed by atoms with Crippen LogP contribution in [0.3, 0.4) is 0 Å². The van der Waals surface area contributed by atoms with Gasteiger partial charge in [-0.3, -0.25) is 4.79 Å². The van der Waals surface area contributed by atoms with Crippen LogP contribution in [-0.4, -0.2) is 46.7 Å². The highest BCUT2D eigenvalue weighted by Gasteiger charge is 2.25. The number of aliphatic hydroxyl groups is 1. The maximum Gasteiger partial charge on any atom is 0.226 e. The predicted molar refractivity (Wildman–Crippen MR) is 79.0 cm³/mol. The number of amidine groups is 1. The van der Waals surface area contributed by atoms with E-state index in [1.54, 1.807) is 12.1 Å². The molecule has 6 heteroatoms. The van der Waals surface area contributed by atoms with E-state index in [9.17, 15) is 4.79 Å². The Morgan fingerprint density at radius 1 is 1.38 bits per heavy atom. The molecule has 21 heavy (non-hydrogen) atoms. The minimum Gasteiger partial charge on any atom is -0.409 e. The van der Waals surface area contributed by atoms with E-state index in [0.29, 0.717) is 17.9 Å².